The molecule has 0 aliphatic carbocycles. The fraction of sp³-hybridized carbons (Fsp3) is 0.667. The van der Waals surface area contributed by atoms with Crippen molar-refractivity contribution in [2.45, 2.75) is 44.6 Å². The first-order valence-corrected chi connectivity index (χ1v) is 8.14. The number of hydrogen-bond acceptors (Lipinski definition) is 4. The van der Waals surface area contributed by atoms with Crippen LogP contribution >= 0.6 is 0 Å². The number of rotatable bonds is 4. The lowest BCUT2D eigenvalue weighted by atomic mass is 10.3. The lowest BCUT2D eigenvalue weighted by Gasteiger charge is -2.21. The Morgan fingerprint density at radius 3 is 2.45 bits per heavy atom. The zero-order chi connectivity index (χ0) is 14.9. The van der Waals surface area contributed by atoms with Gasteiger partial charge in [0, 0.05) is 13.1 Å². The molecule has 0 spiro atoms. The summed E-state index contributed by atoms with van der Waals surface area (Å²) >= 11 is 0. The predicted octanol–water partition coefficient (Wildman–Crippen LogP) is 0.316. The van der Waals surface area contributed by atoms with Crippen LogP contribution in [0, 0.1) is 13.8 Å². The summed E-state index contributed by atoms with van der Waals surface area (Å²) in [5, 5.41) is 6.51. The number of amides is 1. The molecule has 1 atom stereocenters. The van der Waals surface area contributed by atoms with Crippen LogP contribution in [0.4, 0.5) is 0 Å². The van der Waals surface area contributed by atoms with Crippen molar-refractivity contribution in [1.29, 1.82) is 0 Å². The van der Waals surface area contributed by atoms with E-state index in [-0.39, 0.29) is 10.8 Å². The van der Waals surface area contributed by atoms with Crippen molar-refractivity contribution >= 4 is 15.9 Å². The molecule has 0 aromatic carbocycles. The minimum absolute atomic E-state index is 0.124. The Morgan fingerprint density at radius 2 is 1.95 bits per heavy atom. The Morgan fingerprint density at radius 1 is 1.35 bits per heavy atom. The van der Waals surface area contributed by atoms with E-state index in [9.17, 15) is 13.2 Å². The van der Waals surface area contributed by atoms with Gasteiger partial charge in [-0.05, 0) is 33.6 Å². The van der Waals surface area contributed by atoms with Crippen LogP contribution in [0.25, 0.3) is 0 Å². The highest BCUT2D eigenvalue weighted by atomic mass is 32.2. The molecule has 2 N–H and O–H groups in total. The number of aromatic nitrogens is 2. The van der Waals surface area contributed by atoms with Gasteiger partial charge in [-0.15, -0.1) is 0 Å². The number of nitrogens with zero attached hydrogens (tertiary/aromatic N) is 2. The Balaban J connectivity index is 2.14. The third kappa shape index (κ3) is 2.85. The van der Waals surface area contributed by atoms with Crippen LogP contribution in [0.2, 0.25) is 0 Å². The lowest BCUT2D eigenvalue weighted by Crippen LogP contribution is -2.46. The molecule has 112 valence electrons. The van der Waals surface area contributed by atoms with Crippen LogP contribution < -0.4 is 4.72 Å². The third-order valence-corrected chi connectivity index (χ3v) is 5.25. The van der Waals surface area contributed by atoms with Crippen LogP contribution in [-0.2, 0) is 14.8 Å². The highest BCUT2D eigenvalue weighted by Gasteiger charge is 2.29. The van der Waals surface area contributed by atoms with E-state index in [1.807, 2.05) is 0 Å². The van der Waals surface area contributed by atoms with Crippen LogP contribution in [0.15, 0.2) is 4.90 Å². The fourth-order valence-corrected chi connectivity index (χ4v) is 4.06. The van der Waals surface area contributed by atoms with Crippen molar-refractivity contribution in [3.8, 4) is 0 Å². The molecule has 20 heavy (non-hydrogen) atoms. The normalized spacial score (nSPS) is 17.4. The maximum absolute atomic E-state index is 12.3. The molecular weight excluding hydrogens is 280 g/mol. The first-order valence-electron chi connectivity index (χ1n) is 6.65. The molecule has 2 rings (SSSR count). The first-order chi connectivity index (χ1) is 9.33. The Hall–Kier alpha value is -1.41. The van der Waals surface area contributed by atoms with Gasteiger partial charge in [0.05, 0.1) is 17.4 Å². The number of sulfonamides is 1. The summed E-state index contributed by atoms with van der Waals surface area (Å²) < 4.78 is 27.1. The molecule has 0 radical (unpaired) electrons. The van der Waals surface area contributed by atoms with Gasteiger partial charge in [-0.2, -0.15) is 9.82 Å². The van der Waals surface area contributed by atoms with Crippen LogP contribution in [0.3, 0.4) is 0 Å². The van der Waals surface area contributed by atoms with Crippen molar-refractivity contribution in [3.63, 3.8) is 0 Å². The van der Waals surface area contributed by atoms with Gasteiger partial charge in [0.15, 0.2) is 0 Å². The summed E-state index contributed by atoms with van der Waals surface area (Å²) in [6.07, 6.45) is 1.95. The molecule has 2 heterocycles. The fourth-order valence-electron chi connectivity index (χ4n) is 2.49. The number of aromatic amines is 1. The van der Waals surface area contributed by atoms with Gasteiger partial charge in [0.25, 0.3) is 0 Å². The molecule has 1 aromatic rings. The van der Waals surface area contributed by atoms with Gasteiger partial charge in [0.2, 0.25) is 15.9 Å². The summed E-state index contributed by atoms with van der Waals surface area (Å²) in [5.74, 6) is -0.176. The molecule has 0 bridgehead atoms. The average molecular weight is 300 g/mol. The molecule has 0 saturated carbocycles. The highest BCUT2D eigenvalue weighted by Crippen LogP contribution is 2.17. The van der Waals surface area contributed by atoms with Crippen LogP contribution in [0.5, 0.6) is 0 Å². The van der Waals surface area contributed by atoms with E-state index in [2.05, 4.69) is 14.9 Å². The maximum Gasteiger partial charge on any atom is 0.244 e. The standard InChI is InChI=1S/C12H20N4O3S/c1-8-11(9(2)14-13-8)20(18,19)15-10(3)12(17)16-6-4-5-7-16/h10,15H,4-7H2,1-3H3,(H,13,14)/t10-/m0/s1. The monoisotopic (exact) mass is 300 g/mol. The van der Waals surface area contributed by atoms with E-state index in [1.165, 1.54) is 0 Å². The minimum Gasteiger partial charge on any atom is -0.341 e. The molecule has 0 unspecified atom stereocenters. The van der Waals surface area contributed by atoms with Gasteiger partial charge in [-0.3, -0.25) is 9.89 Å². The molecule has 1 fully saturated rings. The van der Waals surface area contributed by atoms with Gasteiger partial charge in [-0.25, -0.2) is 8.42 Å². The molecule has 1 aliphatic rings. The minimum atomic E-state index is -3.74. The zero-order valence-electron chi connectivity index (χ0n) is 11.9. The van der Waals surface area contributed by atoms with E-state index in [0.29, 0.717) is 24.5 Å². The molecule has 8 heteroatoms. The topological polar surface area (TPSA) is 95.2 Å². The van der Waals surface area contributed by atoms with E-state index in [4.69, 9.17) is 0 Å². The second-order valence-corrected chi connectivity index (χ2v) is 6.79. The number of nitrogens with one attached hydrogen (secondary N) is 2. The van der Waals surface area contributed by atoms with E-state index >= 15 is 0 Å². The molecular formula is C12H20N4O3S. The van der Waals surface area contributed by atoms with Crippen LogP contribution in [0.1, 0.15) is 31.2 Å². The van der Waals surface area contributed by atoms with Gasteiger partial charge < -0.3 is 4.90 Å². The van der Waals surface area contributed by atoms with Crippen molar-refractivity contribution in [1.82, 2.24) is 19.8 Å². The van der Waals surface area contributed by atoms with Crippen molar-refractivity contribution in [3.05, 3.63) is 11.4 Å². The van der Waals surface area contributed by atoms with Gasteiger partial charge >= 0.3 is 0 Å². The SMILES string of the molecule is Cc1n[nH]c(C)c1S(=O)(=O)N[C@@H](C)C(=O)N1CCCC1. The highest BCUT2D eigenvalue weighted by molar-refractivity contribution is 7.89. The Labute approximate surface area is 118 Å². The second-order valence-electron chi connectivity index (χ2n) is 5.14. The summed E-state index contributed by atoms with van der Waals surface area (Å²) in [6.45, 7) is 6.23. The smallest absolute Gasteiger partial charge is 0.244 e. The third-order valence-electron chi connectivity index (χ3n) is 3.45. The number of H-pyrrole nitrogens is 1. The van der Waals surface area contributed by atoms with E-state index in [1.54, 1.807) is 25.7 Å². The first kappa shape index (κ1) is 15.0. The second kappa shape index (κ2) is 5.53. The number of aryl methyl sites for hydroxylation is 2. The van der Waals surface area contributed by atoms with Crippen molar-refractivity contribution in [2.75, 3.05) is 13.1 Å². The quantitative estimate of drug-likeness (QED) is 0.837. The number of hydrogen-bond donors (Lipinski definition) is 2. The summed E-state index contributed by atoms with van der Waals surface area (Å²) in [4.78, 5) is 14.0. The number of carbonyl (C=O) groups is 1. The predicted molar refractivity (Wildman–Crippen MR) is 73.7 cm³/mol. The number of likely N-dealkylation sites (tertiary alicyclic amines) is 1. The van der Waals surface area contributed by atoms with Crippen molar-refractivity contribution in [2.24, 2.45) is 0 Å². The zero-order valence-corrected chi connectivity index (χ0v) is 12.7. The summed E-state index contributed by atoms with van der Waals surface area (Å²) in [7, 11) is -3.74. The summed E-state index contributed by atoms with van der Waals surface area (Å²) in [5.41, 5.74) is 0.867. The molecule has 1 aliphatic heterocycles. The molecule has 1 saturated heterocycles. The Kier molecular flexibility index (Phi) is 4.14. The maximum atomic E-state index is 12.3. The van der Waals surface area contributed by atoms with E-state index < -0.39 is 16.1 Å². The van der Waals surface area contributed by atoms with Crippen LogP contribution in [-0.4, -0.2) is 48.6 Å². The lowest BCUT2D eigenvalue weighted by molar-refractivity contribution is -0.131. The van der Waals surface area contributed by atoms with Crippen molar-refractivity contribution < 1.29 is 13.2 Å². The van der Waals surface area contributed by atoms with Gasteiger partial charge in [0.1, 0.15) is 4.90 Å². The summed E-state index contributed by atoms with van der Waals surface area (Å²) in [6, 6.07) is -0.771. The van der Waals surface area contributed by atoms with E-state index in [0.717, 1.165) is 12.8 Å². The largest absolute Gasteiger partial charge is 0.341 e. The molecule has 7 nitrogen and oxygen atoms in total. The average Bonchev–Trinajstić information content (AvgIpc) is 2.97. The Bertz CT molecular complexity index is 583. The van der Waals surface area contributed by atoms with Gasteiger partial charge in [-0.1, -0.05) is 0 Å². The molecule has 1 amide bonds. The molecule has 1 aromatic heterocycles. The number of carbonyl (C=O) groups excluding carboxylic acids is 1.